The molecule has 0 fully saturated rings. The predicted molar refractivity (Wildman–Crippen MR) is 121 cm³/mol. The number of unbranched alkanes of at least 4 members (excludes halogenated alkanes) is 1. The van der Waals surface area contributed by atoms with Gasteiger partial charge in [-0.25, -0.2) is 8.78 Å². The van der Waals surface area contributed by atoms with Gasteiger partial charge in [0.25, 0.3) is 17.7 Å². The van der Waals surface area contributed by atoms with Crippen LogP contribution in [-0.2, 0) is 6.18 Å². The third-order valence-corrected chi connectivity index (χ3v) is 5.77. The van der Waals surface area contributed by atoms with Gasteiger partial charge >= 0.3 is 6.18 Å². The molecule has 0 unspecified atom stereocenters. The summed E-state index contributed by atoms with van der Waals surface area (Å²) in [4.78, 5) is 40.1. The van der Waals surface area contributed by atoms with Crippen LogP contribution in [0.15, 0.2) is 66.7 Å². The zero-order valence-corrected chi connectivity index (χ0v) is 18.7. The monoisotopic (exact) mass is 502 g/mol. The van der Waals surface area contributed by atoms with Gasteiger partial charge in [0.05, 0.1) is 22.4 Å². The molecule has 0 aromatic heterocycles. The van der Waals surface area contributed by atoms with E-state index in [-0.39, 0.29) is 48.3 Å². The molecule has 0 spiro atoms. The third-order valence-electron chi connectivity index (χ3n) is 5.77. The number of amides is 3. The molecule has 0 aliphatic carbocycles. The van der Waals surface area contributed by atoms with E-state index in [2.05, 4.69) is 0 Å². The fraction of sp³-hybridized carbons (Fsp3) is 0.192. The molecule has 0 saturated carbocycles. The van der Waals surface area contributed by atoms with E-state index in [1.54, 1.807) is 24.3 Å². The van der Waals surface area contributed by atoms with Crippen molar-refractivity contribution in [2.75, 3.05) is 18.0 Å². The summed E-state index contributed by atoms with van der Waals surface area (Å²) in [5.74, 6) is -3.74. The van der Waals surface area contributed by atoms with Gasteiger partial charge in [-0.3, -0.25) is 19.3 Å². The van der Waals surface area contributed by atoms with E-state index in [1.165, 1.54) is 6.07 Å². The van der Waals surface area contributed by atoms with Crippen molar-refractivity contribution < 1.29 is 36.3 Å². The van der Waals surface area contributed by atoms with Crippen molar-refractivity contribution in [2.24, 2.45) is 0 Å². The van der Waals surface area contributed by atoms with Crippen LogP contribution >= 0.6 is 0 Å². The summed E-state index contributed by atoms with van der Waals surface area (Å²) in [5.41, 5.74) is -1.10. The van der Waals surface area contributed by atoms with Crippen molar-refractivity contribution in [3.05, 3.63) is 101 Å². The number of imide groups is 1. The number of benzene rings is 3. The van der Waals surface area contributed by atoms with Crippen molar-refractivity contribution in [3.8, 4) is 0 Å². The fourth-order valence-corrected chi connectivity index (χ4v) is 4.00. The number of carbonyl (C=O) groups is 3. The van der Waals surface area contributed by atoms with E-state index in [4.69, 9.17) is 0 Å². The molecule has 1 aliphatic rings. The van der Waals surface area contributed by atoms with Gasteiger partial charge in [-0.15, -0.1) is 0 Å². The summed E-state index contributed by atoms with van der Waals surface area (Å²) in [7, 11) is 0. The molecule has 3 amide bonds. The Balaban J connectivity index is 1.51. The Hall–Kier alpha value is -4.08. The van der Waals surface area contributed by atoms with Crippen molar-refractivity contribution in [1.82, 2.24) is 4.90 Å². The standard InChI is InChI=1S/C26H19F5N2O3/c27-18-10-11-22(21(28)15-18)32(23(34)16-6-5-7-17(14-16)26(29,30)31)12-3-4-13-33-24(35)19-8-1-2-9-20(19)25(33)36/h1-2,5-11,14-15H,3-4,12-13H2. The van der Waals surface area contributed by atoms with Gasteiger partial charge in [-0.05, 0) is 55.3 Å². The Kier molecular flexibility index (Phi) is 6.87. The van der Waals surface area contributed by atoms with Crippen LogP contribution in [0.1, 0.15) is 49.5 Å². The van der Waals surface area contributed by atoms with Crippen LogP contribution in [0.5, 0.6) is 0 Å². The summed E-state index contributed by atoms with van der Waals surface area (Å²) in [6.45, 7) is -0.120. The highest BCUT2D eigenvalue weighted by molar-refractivity contribution is 6.21. The normalized spacial score (nSPS) is 13.2. The average Bonchev–Trinajstić information content (AvgIpc) is 3.09. The summed E-state index contributed by atoms with van der Waals surface area (Å²) in [5, 5.41) is 0. The van der Waals surface area contributed by atoms with E-state index in [1.807, 2.05) is 0 Å². The lowest BCUT2D eigenvalue weighted by atomic mass is 10.1. The lowest BCUT2D eigenvalue weighted by Crippen LogP contribution is -2.34. The van der Waals surface area contributed by atoms with Crippen LogP contribution in [0.3, 0.4) is 0 Å². The van der Waals surface area contributed by atoms with Crippen LogP contribution in [0.4, 0.5) is 27.6 Å². The Labute approximate surface area is 202 Å². The average molecular weight is 502 g/mol. The molecule has 186 valence electrons. The first-order valence-electron chi connectivity index (χ1n) is 11.0. The van der Waals surface area contributed by atoms with Gasteiger partial charge in [0, 0.05) is 24.7 Å². The van der Waals surface area contributed by atoms with E-state index in [9.17, 15) is 36.3 Å². The molecule has 10 heteroatoms. The number of hydrogen-bond donors (Lipinski definition) is 0. The quantitative estimate of drug-likeness (QED) is 0.236. The lowest BCUT2D eigenvalue weighted by molar-refractivity contribution is -0.137. The van der Waals surface area contributed by atoms with Crippen molar-refractivity contribution in [2.45, 2.75) is 19.0 Å². The highest BCUT2D eigenvalue weighted by Gasteiger charge is 2.35. The second-order valence-electron chi connectivity index (χ2n) is 8.15. The molecule has 0 radical (unpaired) electrons. The summed E-state index contributed by atoms with van der Waals surface area (Å²) in [6, 6.07) is 12.6. The molecule has 0 atom stereocenters. The number of fused-ring (bicyclic) bond motifs is 1. The number of carbonyl (C=O) groups excluding carboxylic acids is 3. The van der Waals surface area contributed by atoms with Crippen LogP contribution in [-0.4, -0.2) is 35.7 Å². The zero-order chi connectivity index (χ0) is 26.0. The number of alkyl halides is 3. The third kappa shape index (κ3) is 4.98. The van der Waals surface area contributed by atoms with E-state index >= 15 is 0 Å². The molecular formula is C26H19F5N2O3. The minimum atomic E-state index is -4.69. The molecule has 3 aromatic rings. The van der Waals surface area contributed by atoms with Crippen LogP contribution in [0.25, 0.3) is 0 Å². The molecule has 5 nitrogen and oxygen atoms in total. The SMILES string of the molecule is O=C1c2ccccc2C(=O)N1CCCCN(C(=O)c1cccc(C(F)(F)F)c1)c1ccc(F)cc1F. The van der Waals surface area contributed by atoms with E-state index in [0.717, 1.165) is 34.1 Å². The van der Waals surface area contributed by atoms with Crippen LogP contribution in [0.2, 0.25) is 0 Å². The zero-order valence-electron chi connectivity index (χ0n) is 18.7. The number of hydrogen-bond acceptors (Lipinski definition) is 3. The summed E-state index contributed by atoms with van der Waals surface area (Å²) < 4.78 is 67.4. The summed E-state index contributed by atoms with van der Waals surface area (Å²) >= 11 is 0. The lowest BCUT2D eigenvalue weighted by Gasteiger charge is -2.24. The Morgan fingerprint density at radius 2 is 1.50 bits per heavy atom. The molecular weight excluding hydrogens is 483 g/mol. The summed E-state index contributed by atoms with van der Waals surface area (Å²) in [6.07, 6.45) is -4.27. The minimum absolute atomic E-state index is 0.0316. The molecule has 1 heterocycles. The number of nitrogens with zero attached hydrogens (tertiary/aromatic N) is 2. The molecule has 0 saturated heterocycles. The first-order valence-corrected chi connectivity index (χ1v) is 11.0. The maximum absolute atomic E-state index is 14.5. The van der Waals surface area contributed by atoms with E-state index < -0.39 is 41.1 Å². The van der Waals surface area contributed by atoms with Crippen molar-refractivity contribution in [1.29, 1.82) is 0 Å². The van der Waals surface area contributed by atoms with Gasteiger partial charge in [0.1, 0.15) is 11.6 Å². The molecule has 1 aliphatic heterocycles. The van der Waals surface area contributed by atoms with Gasteiger partial charge in [-0.1, -0.05) is 18.2 Å². The first-order chi connectivity index (χ1) is 17.1. The predicted octanol–water partition coefficient (Wildman–Crippen LogP) is 5.71. The number of halogens is 5. The molecule has 0 N–H and O–H groups in total. The highest BCUT2D eigenvalue weighted by atomic mass is 19.4. The van der Waals surface area contributed by atoms with Gasteiger partial charge < -0.3 is 4.90 Å². The minimum Gasteiger partial charge on any atom is -0.306 e. The molecule has 4 rings (SSSR count). The smallest absolute Gasteiger partial charge is 0.306 e. The number of rotatable bonds is 7. The van der Waals surface area contributed by atoms with Crippen LogP contribution < -0.4 is 4.90 Å². The molecule has 36 heavy (non-hydrogen) atoms. The second-order valence-corrected chi connectivity index (χ2v) is 8.15. The topological polar surface area (TPSA) is 57.7 Å². The maximum atomic E-state index is 14.5. The first kappa shape index (κ1) is 25.0. The molecule has 3 aromatic carbocycles. The molecule has 0 bridgehead atoms. The highest BCUT2D eigenvalue weighted by Crippen LogP contribution is 2.31. The van der Waals surface area contributed by atoms with Crippen molar-refractivity contribution >= 4 is 23.4 Å². The van der Waals surface area contributed by atoms with Crippen molar-refractivity contribution in [3.63, 3.8) is 0 Å². The van der Waals surface area contributed by atoms with Crippen LogP contribution in [0, 0.1) is 11.6 Å². The number of anilines is 1. The fourth-order valence-electron chi connectivity index (χ4n) is 4.00. The second kappa shape index (κ2) is 9.88. The Bertz CT molecular complexity index is 1300. The van der Waals surface area contributed by atoms with E-state index in [0.29, 0.717) is 12.1 Å². The van der Waals surface area contributed by atoms with Gasteiger partial charge in [0.2, 0.25) is 0 Å². The Morgan fingerprint density at radius 1 is 0.833 bits per heavy atom. The maximum Gasteiger partial charge on any atom is 0.416 e. The van der Waals surface area contributed by atoms with Gasteiger partial charge in [0.15, 0.2) is 0 Å². The van der Waals surface area contributed by atoms with Gasteiger partial charge in [-0.2, -0.15) is 13.2 Å². The largest absolute Gasteiger partial charge is 0.416 e. The Morgan fingerprint density at radius 3 is 2.11 bits per heavy atom.